The number of hydrogen-bond acceptors (Lipinski definition) is 4. The van der Waals surface area contributed by atoms with Crippen LogP contribution in [0.1, 0.15) is 20.8 Å². The van der Waals surface area contributed by atoms with Crippen molar-refractivity contribution in [1.82, 2.24) is 4.98 Å². The Bertz CT molecular complexity index is 569. The van der Waals surface area contributed by atoms with Crippen LogP contribution in [0.25, 0.3) is 10.8 Å². The third-order valence-corrected chi connectivity index (χ3v) is 3.50. The number of nitrogens with one attached hydrogen (secondary N) is 1. The first-order valence-corrected chi connectivity index (χ1v) is 7.10. The first-order valence-electron chi connectivity index (χ1n) is 7.10. The number of nitrogen functional groups attached to an aromatic ring is 1. The lowest BCUT2D eigenvalue weighted by molar-refractivity contribution is 0.127. The van der Waals surface area contributed by atoms with E-state index in [9.17, 15) is 0 Å². The Morgan fingerprint density at radius 3 is 2.75 bits per heavy atom. The number of aromatic nitrogens is 1. The molecule has 0 fully saturated rings. The highest BCUT2D eigenvalue weighted by Gasteiger charge is 2.15. The molecule has 0 aliphatic rings. The van der Waals surface area contributed by atoms with Crippen LogP contribution in [-0.2, 0) is 4.74 Å². The van der Waals surface area contributed by atoms with Crippen molar-refractivity contribution in [2.24, 2.45) is 5.92 Å². The van der Waals surface area contributed by atoms with Gasteiger partial charge in [0.05, 0.1) is 12.6 Å². The van der Waals surface area contributed by atoms with Gasteiger partial charge in [0.2, 0.25) is 0 Å². The molecule has 2 rings (SSSR count). The molecule has 4 heteroatoms. The van der Waals surface area contributed by atoms with Crippen molar-refractivity contribution in [3.8, 4) is 0 Å². The lowest BCUT2D eigenvalue weighted by Gasteiger charge is -2.24. The van der Waals surface area contributed by atoms with Crippen LogP contribution in [0.15, 0.2) is 30.6 Å². The van der Waals surface area contributed by atoms with E-state index in [2.05, 4.69) is 24.1 Å². The van der Waals surface area contributed by atoms with E-state index in [0.29, 0.717) is 12.5 Å². The van der Waals surface area contributed by atoms with Crippen molar-refractivity contribution in [2.75, 3.05) is 24.3 Å². The minimum atomic E-state index is 0.266. The molecule has 1 atom stereocenters. The van der Waals surface area contributed by atoms with Crippen LogP contribution in [0.2, 0.25) is 0 Å². The standard InChI is InChI=1S/C16H23N3O/c1-4-20-10-16(11(2)3)19-15-6-5-14(17)12-7-8-18-9-13(12)15/h5-9,11,16,19H,4,10,17H2,1-3H3. The number of rotatable bonds is 6. The maximum absolute atomic E-state index is 6.02. The number of benzene rings is 1. The molecule has 0 saturated carbocycles. The van der Waals surface area contributed by atoms with Gasteiger partial charge in [0.15, 0.2) is 0 Å². The molecule has 0 bridgehead atoms. The first kappa shape index (κ1) is 14.6. The molecule has 3 N–H and O–H groups in total. The highest BCUT2D eigenvalue weighted by Crippen LogP contribution is 2.28. The van der Waals surface area contributed by atoms with E-state index >= 15 is 0 Å². The maximum atomic E-state index is 6.02. The SMILES string of the molecule is CCOCC(Nc1ccc(N)c2ccncc12)C(C)C. The third kappa shape index (κ3) is 3.20. The van der Waals surface area contributed by atoms with Crippen molar-refractivity contribution in [3.63, 3.8) is 0 Å². The number of fused-ring (bicyclic) bond motifs is 1. The molecule has 1 unspecified atom stereocenters. The van der Waals surface area contributed by atoms with Crippen LogP contribution in [0.4, 0.5) is 11.4 Å². The molecule has 0 aliphatic carbocycles. The second-order valence-corrected chi connectivity index (χ2v) is 5.28. The van der Waals surface area contributed by atoms with Crippen molar-refractivity contribution in [1.29, 1.82) is 0 Å². The molecule has 1 heterocycles. The Hall–Kier alpha value is -1.81. The minimum absolute atomic E-state index is 0.266. The van der Waals surface area contributed by atoms with Gasteiger partial charge >= 0.3 is 0 Å². The van der Waals surface area contributed by atoms with Gasteiger partial charge in [0, 0.05) is 41.1 Å². The fraction of sp³-hybridized carbons (Fsp3) is 0.438. The molecule has 2 aromatic rings. The third-order valence-electron chi connectivity index (χ3n) is 3.50. The van der Waals surface area contributed by atoms with Gasteiger partial charge in [-0.25, -0.2) is 0 Å². The number of anilines is 2. The van der Waals surface area contributed by atoms with Gasteiger partial charge in [-0.15, -0.1) is 0 Å². The zero-order chi connectivity index (χ0) is 14.5. The van der Waals surface area contributed by atoms with Crippen LogP contribution in [0, 0.1) is 5.92 Å². The average molecular weight is 273 g/mol. The molecule has 1 aromatic carbocycles. The Kier molecular flexibility index (Phi) is 4.79. The second kappa shape index (κ2) is 6.57. The molecule has 0 radical (unpaired) electrons. The molecule has 0 spiro atoms. The number of hydrogen-bond donors (Lipinski definition) is 2. The molecule has 0 aliphatic heterocycles. The molecule has 108 valence electrons. The van der Waals surface area contributed by atoms with Gasteiger partial charge in [-0.1, -0.05) is 13.8 Å². The van der Waals surface area contributed by atoms with E-state index in [4.69, 9.17) is 10.5 Å². The van der Waals surface area contributed by atoms with E-state index in [1.54, 1.807) is 6.20 Å². The quantitative estimate of drug-likeness (QED) is 0.793. The number of ether oxygens (including phenoxy) is 1. The van der Waals surface area contributed by atoms with Gasteiger partial charge in [-0.2, -0.15) is 0 Å². The summed E-state index contributed by atoms with van der Waals surface area (Å²) in [6.07, 6.45) is 3.62. The maximum Gasteiger partial charge on any atom is 0.0670 e. The average Bonchev–Trinajstić information content (AvgIpc) is 2.45. The summed E-state index contributed by atoms with van der Waals surface area (Å²) in [5.74, 6) is 0.478. The largest absolute Gasteiger partial charge is 0.398 e. The zero-order valence-electron chi connectivity index (χ0n) is 12.4. The Labute approximate surface area is 120 Å². The van der Waals surface area contributed by atoms with Gasteiger partial charge < -0.3 is 15.8 Å². The van der Waals surface area contributed by atoms with Crippen molar-refractivity contribution in [2.45, 2.75) is 26.8 Å². The second-order valence-electron chi connectivity index (χ2n) is 5.28. The lowest BCUT2D eigenvalue weighted by atomic mass is 10.0. The van der Waals surface area contributed by atoms with E-state index in [1.165, 1.54) is 0 Å². The van der Waals surface area contributed by atoms with Crippen LogP contribution < -0.4 is 11.1 Å². The molecule has 0 amide bonds. The van der Waals surface area contributed by atoms with Crippen molar-refractivity contribution in [3.05, 3.63) is 30.6 Å². The minimum Gasteiger partial charge on any atom is -0.398 e. The number of pyridine rings is 1. The van der Waals surface area contributed by atoms with Crippen LogP contribution in [0.5, 0.6) is 0 Å². The predicted octanol–water partition coefficient (Wildman–Crippen LogP) is 3.29. The summed E-state index contributed by atoms with van der Waals surface area (Å²) in [6, 6.07) is 6.16. The van der Waals surface area contributed by atoms with E-state index in [-0.39, 0.29) is 6.04 Å². The fourth-order valence-electron chi connectivity index (χ4n) is 2.18. The topological polar surface area (TPSA) is 60.2 Å². The van der Waals surface area contributed by atoms with E-state index < -0.39 is 0 Å². The summed E-state index contributed by atoms with van der Waals surface area (Å²) in [4.78, 5) is 4.20. The Balaban J connectivity index is 2.30. The van der Waals surface area contributed by atoms with Crippen LogP contribution in [0.3, 0.4) is 0 Å². The number of nitrogens with two attached hydrogens (primary N) is 1. The van der Waals surface area contributed by atoms with E-state index in [0.717, 1.165) is 28.8 Å². The summed E-state index contributed by atoms with van der Waals surface area (Å²) in [6.45, 7) is 7.82. The fourth-order valence-corrected chi connectivity index (χ4v) is 2.18. The highest BCUT2D eigenvalue weighted by molar-refractivity contribution is 6.00. The molecule has 4 nitrogen and oxygen atoms in total. The van der Waals surface area contributed by atoms with Gasteiger partial charge in [-0.3, -0.25) is 4.98 Å². The molecular formula is C16H23N3O. The summed E-state index contributed by atoms with van der Waals surface area (Å²) in [5.41, 5.74) is 7.85. The van der Waals surface area contributed by atoms with Gasteiger partial charge in [0.25, 0.3) is 0 Å². The summed E-state index contributed by atoms with van der Waals surface area (Å²) < 4.78 is 5.56. The van der Waals surface area contributed by atoms with Crippen LogP contribution >= 0.6 is 0 Å². The molecule has 0 saturated heterocycles. The highest BCUT2D eigenvalue weighted by atomic mass is 16.5. The first-order chi connectivity index (χ1) is 9.63. The smallest absolute Gasteiger partial charge is 0.0670 e. The molecule has 1 aromatic heterocycles. The van der Waals surface area contributed by atoms with Gasteiger partial charge in [0.1, 0.15) is 0 Å². The molecule has 20 heavy (non-hydrogen) atoms. The molecular weight excluding hydrogens is 250 g/mol. The Morgan fingerprint density at radius 2 is 2.05 bits per heavy atom. The van der Waals surface area contributed by atoms with E-state index in [1.807, 2.05) is 31.3 Å². The van der Waals surface area contributed by atoms with Gasteiger partial charge in [-0.05, 0) is 31.0 Å². The number of nitrogens with zero attached hydrogens (tertiary/aromatic N) is 1. The summed E-state index contributed by atoms with van der Waals surface area (Å²) in [5, 5.41) is 5.64. The Morgan fingerprint density at radius 1 is 1.25 bits per heavy atom. The zero-order valence-corrected chi connectivity index (χ0v) is 12.4. The van der Waals surface area contributed by atoms with Crippen molar-refractivity contribution >= 4 is 22.1 Å². The predicted molar refractivity (Wildman–Crippen MR) is 84.9 cm³/mol. The monoisotopic (exact) mass is 273 g/mol. The van der Waals surface area contributed by atoms with Crippen molar-refractivity contribution < 1.29 is 4.74 Å². The summed E-state index contributed by atoms with van der Waals surface area (Å²) in [7, 11) is 0. The lowest BCUT2D eigenvalue weighted by Crippen LogP contribution is -2.31. The summed E-state index contributed by atoms with van der Waals surface area (Å²) >= 11 is 0. The van der Waals surface area contributed by atoms with Crippen LogP contribution in [-0.4, -0.2) is 24.2 Å². The normalized spacial score (nSPS) is 12.8.